The van der Waals surface area contributed by atoms with Gasteiger partial charge in [-0.25, -0.2) is 0 Å². The van der Waals surface area contributed by atoms with E-state index in [0.717, 1.165) is 23.8 Å². The Hall–Kier alpha value is -1.26. The minimum Gasteiger partial charge on any atom is -0.368 e. The molecule has 1 amide bonds. The second-order valence-corrected chi connectivity index (χ2v) is 6.06. The van der Waals surface area contributed by atoms with Crippen LogP contribution in [-0.4, -0.2) is 42.5 Å². The van der Waals surface area contributed by atoms with E-state index in [4.69, 9.17) is 17.3 Å². The number of carbonyl (C=O) groups is 1. The van der Waals surface area contributed by atoms with Crippen molar-refractivity contribution in [2.45, 2.75) is 32.2 Å². The van der Waals surface area contributed by atoms with Crippen molar-refractivity contribution in [1.29, 1.82) is 0 Å². The molecule has 0 radical (unpaired) electrons. The van der Waals surface area contributed by atoms with Gasteiger partial charge in [-0.05, 0) is 31.0 Å². The van der Waals surface area contributed by atoms with Crippen molar-refractivity contribution in [3.63, 3.8) is 0 Å². The van der Waals surface area contributed by atoms with Crippen molar-refractivity contribution in [2.75, 3.05) is 31.1 Å². The molecule has 1 heterocycles. The lowest BCUT2D eigenvalue weighted by atomic mass is 9.92. The third-order valence-electron chi connectivity index (χ3n) is 4.43. The molecule has 2 rings (SSSR count). The molecule has 0 bridgehead atoms. The molecule has 1 aliphatic heterocycles. The van der Waals surface area contributed by atoms with E-state index >= 15 is 0 Å². The number of carbonyl (C=O) groups excluding carboxylic acids is 1. The summed E-state index contributed by atoms with van der Waals surface area (Å²) in [5.74, 6) is 0.0817. The molecule has 5 heteroatoms. The van der Waals surface area contributed by atoms with E-state index in [1.807, 2.05) is 36.9 Å². The van der Waals surface area contributed by atoms with Gasteiger partial charge in [0.25, 0.3) is 0 Å². The van der Waals surface area contributed by atoms with Gasteiger partial charge in [0.15, 0.2) is 0 Å². The van der Waals surface area contributed by atoms with E-state index in [-0.39, 0.29) is 5.91 Å². The molecule has 0 unspecified atom stereocenters. The highest BCUT2D eigenvalue weighted by atomic mass is 35.5. The number of hydrogen-bond donors (Lipinski definition) is 1. The van der Waals surface area contributed by atoms with Crippen molar-refractivity contribution in [3.05, 3.63) is 29.3 Å². The zero-order valence-electron chi connectivity index (χ0n) is 12.8. The largest absolute Gasteiger partial charge is 0.368 e. The lowest BCUT2D eigenvalue weighted by Crippen LogP contribution is -2.59. The number of anilines is 1. The Bertz CT molecular complexity index is 494. The number of nitrogens with two attached hydrogens (primary N) is 1. The minimum atomic E-state index is -0.710. The zero-order chi connectivity index (χ0) is 15.5. The van der Waals surface area contributed by atoms with E-state index in [9.17, 15) is 4.79 Å². The summed E-state index contributed by atoms with van der Waals surface area (Å²) in [5.41, 5.74) is 6.61. The normalized spacial score (nSPS) is 16.2. The van der Waals surface area contributed by atoms with Crippen molar-refractivity contribution >= 4 is 23.2 Å². The molecule has 0 saturated carbocycles. The Morgan fingerprint density at radius 1 is 1.24 bits per heavy atom. The number of piperazine rings is 1. The first kappa shape index (κ1) is 16.1. The molecule has 1 aromatic carbocycles. The van der Waals surface area contributed by atoms with Crippen LogP contribution in [0.25, 0.3) is 0 Å². The van der Waals surface area contributed by atoms with Gasteiger partial charge >= 0.3 is 0 Å². The average molecular weight is 310 g/mol. The summed E-state index contributed by atoms with van der Waals surface area (Å²) in [5, 5.41) is 0.740. The molecule has 1 aromatic rings. The Kier molecular flexibility index (Phi) is 5.12. The van der Waals surface area contributed by atoms with E-state index < -0.39 is 5.54 Å². The summed E-state index contributed by atoms with van der Waals surface area (Å²) in [4.78, 5) is 16.7. The molecule has 0 atom stereocenters. The van der Waals surface area contributed by atoms with Crippen LogP contribution in [0.5, 0.6) is 0 Å². The highest BCUT2D eigenvalue weighted by Crippen LogP contribution is 2.22. The highest BCUT2D eigenvalue weighted by molar-refractivity contribution is 6.30. The van der Waals surface area contributed by atoms with Crippen LogP contribution >= 0.6 is 11.6 Å². The molecule has 0 aromatic heterocycles. The van der Waals surface area contributed by atoms with Gasteiger partial charge in [-0.15, -0.1) is 0 Å². The number of halogens is 1. The lowest BCUT2D eigenvalue weighted by Gasteiger charge is -2.40. The van der Waals surface area contributed by atoms with Crippen molar-refractivity contribution < 1.29 is 4.79 Å². The number of rotatable bonds is 4. The van der Waals surface area contributed by atoms with Crippen LogP contribution in [0.2, 0.25) is 5.02 Å². The van der Waals surface area contributed by atoms with E-state index in [2.05, 4.69) is 11.0 Å². The third kappa shape index (κ3) is 3.50. The van der Waals surface area contributed by atoms with Gasteiger partial charge in [-0.3, -0.25) is 4.79 Å². The maximum atomic E-state index is 12.5. The van der Waals surface area contributed by atoms with E-state index in [0.29, 0.717) is 25.9 Å². The SMILES string of the molecule is CCC(N)(CC)C(=O)N1CCN(c2cccc(Cl)c2)CC1. The van der Waals surface area contributed by atoms with Crippen molar-refractivity contribution in [2.24, 2.45) is 5.73 Å². The molecule has 21 heavy (non-hydrogen) atoms. The molecule has 2 N–H and O–H groups in total. The summed E-state index contributed by atoms with van der Waals surface area (Å²) in [6, 6.07) is 7.84. The molecule has 1 fully saturated rings. The molecule has 1 aliphatic rings. The number of nitrogens with zero attached hydrogens (tertiary/aromatic N) is 2. The van der Waals surface area contributed by atoms with E-state index in [1.54, 1.807) is 0 Å². The quantitative estimate of drug-likeness (QED) is 0.929. The van der Waals surface area contributed by atoms with Gasteiger partial charge in [0.2, 0.25) is 5.91 Å². The lowest BCUT2D eigenvalue weighted by molar-refractivity contribution is -0.137. The standard InChI is InChI=1S/C16H24ClN3O/c1-3-16(18,4-2)15(21)20-10-8-19(9-11-20)14-7-5-6-13(17)12-14/h5-7,12H,3-4,8-11,18H2,1-2H3. The summed E-state index contributed by atoms with van der Waals surface area (Å²) < 4.78 is 0. The Labute approximate surface area is 131 Å². The second kappa shape index (κ2) is 6.67. The molecule has 1 saturated heterocycles. The zero-order valence-corrected chi connectivity index (χ0v) is 13.6. The van der Waals surface area contributed by atoms with Gasteiger partial charge in [-0.2, -0.15) is 0 Å². The van der Waals surface area contributed by atoms with Gasteiger partial charge in [0.05, 0.1) is 5.54 Å². The van der Waals surface area contributed by atoms with Crippen LogP contribution in [0, 0.1) is 0 Å². The first-order chi connectivity index (χ1) is 10.00. The average Bonchev–Trinajstić information content (AvgIpc) is 2.53. The van der Waals surface area contributed by atoms with E-state index in [1.165, 1.54) is 0 Å². The molecule has 116 valence electrons. The summed E-state index contributed by atoms with van der Waals surface area (Å²) in [7, 11) is 0. The summed E-state index contributed by atoms with van der Waals surface area (Å²) in [6.07, 6.45) is 1.35. The summed E-state index contributed by atoms with van der Waals surface area (Å²) >= 11 is 6.03. The first-order valence-corrected chi connectivity index (χ1v) is 7.96. The van der Waals surface area contributed by atoms with Gasteiger partial charge < -0.3 is 15.5 Å². The molecular formula is C16H24ClN3O. The van der Waals surface area contributed by atoms with Crippen LogP contribution < -0.4 is 10.6 Å². The molecule has 4 nitrogen and oxygen atoms in total. The Balaban J connectivity index is 1.99. The van der Waals surface area contributed by atoms with Crippen LogP contribution in [0.1, 0.15) is 26.7 Å². The summed E-state index contributed by atoms with van der Waals surface area (Å²) in [6.45, 7) is 7.01. The second-order valence-electron chi connectivity index (χ2n) is 5.62. The third-order valence-corrected chi connectivity index (χ3v) is 4.66. The Morgan fingerprint density at radius 3 is 2.38 bits per heavy atom. The number of benzene rings is 1. The number of hydrogen-bond acceptors (Lipinski definition) is 3. The maximum Gasteiger partial charge on any atom is 0.242 e. The molecule has 0 spiro atoms. The number of amides is 1. The van der Waals surface area contributed by atoms with Crippen LogP contribution in [0.3, 0.4) is 0 Å². The van der Waals surface area contributed by atoms with Crippen LogP contribution in [-0.2, 0) is 4.79 Å². The fourth-order valence-electron chi connectivity index (χ4n) is 2.71. The monoisotopic (exact) mass is 309 g/mol. The fourth-order valence-corrected chi connectivity index (χ4v) is 2.89. The predicted octanol–water partition coefficient (Wildman–Crippen LogP) is 2.51. The topological polar surface area (TPSA) is 49.6 Å². The highest BCUT2D eigenvalue weighted by Gasteiger charge is 2.35. The predicted molar refractivity (Wildman–Crippen MR) is 87.7 cm³/mol. The smallest absolute Gasteiger partial charge is 0.242 e. The molecule has 0 aliphatic carbocycles. The fraction of sp³-hybridized carbons (Fsp3) is 0.562. The first-order valence-electron chi connectivity index (χ1n) is 7.59. The van der Waals surface area contributed by atoms with Crippen molar-refractivity contribution in [3.8, 4) is 0 Å². The minimum absolute atomic E-state index is 0.0817. The van der Waals surface area contributed by atoms with Crippen LogP contribution in [0.4, 0.5) is 5.69 Å². The van der Waals surface area contributed by atoms with Crippen LogP contribution in [0.15, 0.2) is 24.3 Å². The van der Waals surface area contributed by atoms with Crippen molar-refractivity contribution in [1.82, 2.24) is 4.90 Å². The Morgan fingerprint density at radius 2 is 1.86 bits per heavy atom. The van der Waals surface area contributed by atoms with Gasteiger partial charge in [0.1, 0.15) is 0 Å². The van der Waals surface area contributed by atoms with Gasteiger partial charge in [0, 0.05) is 36.9 Å². The van der Waals surface area contributed by atoms with Gasteiger partial charge in [-0.1, -0.05) is 31.5 Å². The molecular weight excluding hydrogens is 286 g/mol. The maximum absolute atomic E-state index is 12.5.